The van der Waals surface area contributed by atoms with Gasteiger partial charge in [-0.3, -0.25) is 0 Å². The third-order valence-electron chi connectivity index (χ3n) is 15.1. The Bertz CT molecular complexity index is 839. The number of hydrogen-bond acceptors (Lipinski definition) is 1. The predicted molar refractivity (Wildman–Crippen MR) is 235 cm³/mol. The quantitative estimate of drug-likeness (QED) is 0.0527. The van der Waals surface area contributed by atoms with Gasteiger partial charge in [0.15, 0.2) is 0 Å². The van der Waals surface area contributed by atoms with E-state index in [9.17, 15) is 0 Å². The SMILES string of the molecule is CCCCCCCC1CCC(CCC2CC=C(CCCCCOCCCCCC3=CCC(CCC4CCC(CCCCCCC)CC4)CC3)CC2)CC1. The van der Waals surface area contributed by atoms with Crippen molar-refractivity contribution in [3.8, 4) is 0 Å². The van der Waals surface area contributed by atoms with Crippen LogP contribution < -0.4 is 0 Å². The highest BCUT2D eigenvalue weighted by Crippen LogP contribution is 2.39. The fraction of sp³-hybridized carbons (Fsp3) is 0.923. The fourth-order valence-electron chi connectivity index (χ4n) is 11.1. The second-order valence-corrected chi connectivity index (χ2v) is 19.6. The minimum absolute atomic E-state index is 0.981. The third-order valence-corrected chi connectivity index (χ3v) is 15.1. The summed E-state index contributed by atoms with van der Waals surface area (Å²) in [5, 5.41) is 0. The van der Waals surface area contributed by atoms with Crippen LogP contribution in [0.2, 0.25) is 0 Å². The van der Waals surface area contributed by atoms with Crippen LogP contribution >= 0.6 is 0 Å². The van der Waals surface area contributed by atoms with Gasteiger partial charge in [0.25, 0.3) is 0 Å². The monoisotopic (exact) mass is 735 g/mol. The molecule has 0 aromatic heterocycles. The number of allylic oxidation sites excluding steroid dienone is 4. The maximum atomic E-state index is 6.04. The molecule has 0 radical (unpaired) electrons. The molecule has 2 fully saturated rings. The summed E-state index contributed by atoms with van der Waals surface area (Å²) in [6.07, 6.45) is 60.4. The Morgan fingerprint density at radius 1 is 0.377 bits per heavy atom. The minimum Gasteiger partial charge on any atom is -0.381 e. The molecule has 1 nitrogen and oxygen atoms in total. The van der Waals surface area contributed by atoms with Gasteiger partial charge in [-0.1, -0.05) is 191 Å². The lowest BCUT2D eigenvalue weighted by Gasteiger charge is -2.30. The van der Waals surface area contributed by atoms with E-state index < -0.39 is 0 Å². The molecule has 0 aliphatic heterocycles. The molecule has 0 amide bonds. The van der Waals surface area contributed by atoms with Crippen LogP contribution in [0.5, 0.6) is 0 Å². The van der Waals surface area contributed by atoms with Gasteiger partial charge in [0, 0.05) is 13.2 Å². The Hall–Kier alpha value is -0.560. The van der Waals surface area contributed by atoms with Crippen LogP contribution in [0.3, 0.4) is 0 Å². The number of hydrogen-bond donors (Lipinski definition) is 0. The van der Waals surface area contributed by atoms with E-state index in [0.29, 0.717) is 0 Å². The van der Waals surface area contributed by atoms with Crippen molar-refractivity contribution in [1.82, 2.24) is 0 Å². The maximum absolute atomic E-state index is 6.04. The predicted octanol–water partition coefficient (Wildman–Crippen LogP) is 17.5. The highest BCUT2D eigenvalue weighted by atomic mass is 16.5. The first-order valence-electron chi connectivity index (χ1n) is 25.1. The van der Waals surface area contributed by atoms with Gasteiger partial charge in [-0.05, 0) is 125 Å². The summed E-state index contributed by atoms with van der Waals surface area (Å²) < 4.78 is 6.04. The molecule has 0 heterocycles. The Morgan fingerprint density at radius 2 is 0.736 bits per heavy atom. The Labute approximate surface area is 333 Å². The van der Waals surface area contributed by atoms with Gasteiger partial charge in [-0.2, -0.15) is 0 Å². The van der Waals surface area contributed by atoms with Crippen molar-refractivity contribution in [2.75, 3.05) is 13.2 Å². The lowest BCUT2D eigenvalue weighted by atomic mass is 9.76. The molecule has 0 aromatic carbocycles. The van der Waals surface area contributed by atoms with Gasteiger partial charge < -0.3 is 4.74 Å². The van der Waals surface area contributed by atoms with Crippen molar-refractivity contribution in [2.45, 2.75) is 258 Å². The molecule has 1 heteroatoms. The minimum atomic E-state index is 0.981. The van der Waals surface area contributed by atoms with E-state index in [4.69, 9.17) is 4.74 Å². The summed E-state index contributed by atoms with van der Waals surface area (Å²) in [5.41, 5.74) is 3.56. The van der Waals surface area contributed by atoms with Crippen LogP contribution in [-0.2, 0) is 4.74 Å². The summed E-state index contributed by atoms with van der Waals surface area (Å²) >= 11 is 0. The molecule has 4 aliphatic carbocycles. The van der Waals surface area contributed by atoms with Gasteiger partial charge in [-0.15, -0.1) is 0 Å². The molecule has 0 aromatic rings. The molecule has 0 N–H and O–H groups in total. The second kappa shape index (κ2) is 29.6. The molecule has 4 rings (SSSR count). The van der Waals surface area contributed by atoms with Crippen molar-refractivity contribution in [3.63, 3.8) is 0 Å². The van der Waals surface area contributed by atoms with Crippen LogP contribution in [0, 0.1) is 35.5 Å². The van der Waals surface area contributed by atoms with Gasteiger partial charge in [0.05, 0.1) is 0 Å². The van der Waals surface area contributed by atoms with E-state index in [1.54, 1.807) is 11.1 Å². The molecular weight excluding hydrogens is 641 g/mol. The molecule has 0 spiro atoms. The van der Waals surface area contributed by atoms with Crippen molar-refractivity contribution < 1.29 is 4.74 Å². The maximum Gasteiger partial charge on any atom is 0.0466 e. The van der Waals surface area contributed by atoms with E-state index in [2.05, 4.69) is 26.0 Å². The highest BCUT2D eigenvalue weighted by molar-refractivity contribution is 5.07. The Morgan fingerprint density at radius 3 is 1.11 bits per heavy atom. The zero-order chi connectivity index (χ0) is 37.0. The summed E-state index contributed by atoms with van der Waals surface area (Å²) in [5.74, 6) is 6.20. The number of ether oxygens (including phenoxy) is 1. The highest BCUT2D eigenvalue weighted by Gasteiger charge is 2.24. The number of rotatable bonds is 30. The van der Waals surface area contributed by atoms with E-state index in [0.717, 1.165) is 48.7 Å². The molecular formula is C52H94O. The first-order chi connectivity index (χ1) is 26.2. The van der Waals surface area contributed by atoms with Crippen molar-refractivity contribution in [3.05, 3.63) is 23.3 Å². The molecule has 0 saturated heterocycles. The fourth-order valence-corrected chi connectivity index (χ4v) is 11.1. The first kappa shape index (κ1) is 45.1. The molecule has 0 bridgehead atoms. The molecule has 2 saturated carbocycles. The summed E-state index contributed by atoms with van der Waals surface area (Å²) in [7, 11) is 0. The van der Waals surface area contributed by atoms with Gasteiger partial charge in [0.2, 0.25) is 0 Å². The molecule has 4 aliphatic rings. The first-order valence-corrected chi connectivity index (χ1v) is 25.1. The second-order valence-electron chi connectivity index (χ2n) is 19.6. The molecule has 53 heavy (non-hydrogen) atoms. The standard InChI is InChI=1S/C52H94O/c1-3-5-7-9-13-19-45-23-31-49(32-24-45)39-41-51-35-27-47(28-36-51)21-15-11-17-43-53-44-18-12-16-22-48-29-37-52(38-30-48)42-40-50-33-25-46(26-34-50)20-14-10-8-6-4-2/h27,29,45-46,49-52H,3-26,28,30-44H2,1-2H3. The average molecular weight is 735 g/mol. The molecule has 2 unspecified atom stereocenters. The van der Waals surface area contributed by atoms with E-state index in [1.807, 2.05) is 0 Å². The summed E-state index contributed by atoms with van der Waals surface area (Å²) in [4.78, 5) is 0. The Kier molecular flexibility index (Phi) is 25.3. The van der Waals surface area contributed by atoms with Gasteiger partial charge in [0.1, 0.15) is 0 Å². The third kappa shape index (κ3) is 21.0. The van der Waals surface area contributed by atoms with Crippen molar-refractivity contribution >= 4 is 0 Å². The molecule has 2 atom stereocenters. The normalized spacial score (nSPS) is 26.8. The lowest BCUT2D eigenvalue weighted by Crippen LogP contribution is -2.16. The largest absolute Gasteiger partial charge is 0.381 e. The Balaban J connectivity index is 0.876. The molecule has 308 valence electrons. The van der Waals surface area contributed by atoms with Gasteiger partial charge in [-0.25, -0.2) is 0 Å². The summed E-state index contributed by atoms with van der Waals surface area (Å²) in [6, 6.07) is 0. The smallest absolute Gasteiger partial charge is 0.0466 e. The number of unbranched alkanes of at least 4 members (excludes halogenated alkanes) is 12. The average Bonchev–Trinajstić information content (AvgIpc) is 3.20. The topological polar surface area (TPSA) is 9.23 Å². The van der Waals surface area contributed by atoms with E-state index in [-0.39, 0.29) is 0 Å². The lowest BCUT2D eigenvalue weighted by molar-refractivity contribution is 0.126. The van der Waals surface area contributed by atoms with Crippen molar-refractivity contribution in [1.29, 1.82) is 0 Å². The zero-order valence-electron chi connectivity index (χ0n) is 36.3. The van der Waals surface area contributed by atoms with Crippen LogP contribution in [-0.4, -0.2) is 13.2 Å². The van der Waals surface area contributed by atoms with Gasteiger partial charge >= 0.3 is 0 Å². The van der Waals surface area contributed by atoms with Crippen molar-refractivity contribution in [2.24, 2.45) is 35.5 Å². The van der Waals surface area contributed by atoms with Crippen LogP contribution in [0.4, 0.5) is 0 Å². The summed E-state index contributed by atoms with van der Waals surface area (Å²) in [6.45, 7) is 6.62. The van der Waals surface area contributed by atoms with E-state index in [1.165, 1.54) is 244 Å². The van der Waals surface area contributed by atoms with Crippen LogP contribution in [0.15, 0.2) is 23.3 Å². The zero-order valence-corrected chi connectivity index (χ0v) is 36.3. The van der Waals surface area contributed by atoms with Crippen LogP contribution in [0.25, 0.3) is 0 Å². The van der Waals surface area contributed by atoms with Crippen LogP contribution in [0.1, 0.15) is 258 Å². The van der Waals surface area contributed by atoms with E-state index >= 15 is 0 Å².